The maximum absolute atomic E-state index is 2.68. The van der Waals surface area contributed by atoms with Gasteiger partial charge in [-0.1, -0.05) is 27.2 Å². The maximum Gasteiger partial charge on any atom is 0.0125 e. The SMILES string of the molecule is CC(C)C1(C)CCCCN(C(C)(C)C)C1. The van der Waals surface area contributed by atoms with Gasteiger partial charge in [0.05, 0.1) is 0 Å². The molecule has 1 fully saturated rings. The molecule has 1 rings (SSSR count). The molecule has 0 aromatic carbocycles. The van der Waals surface area contributed by atoms with Crippen molar-refractivity contribution in [3.8, 4) is 0 Å². The topological polar surface area (TPSA) is 3.24 Å². The van der Waals surface area contributed by atoms with Crippen molar-refractivity contribution in [1.82, 2.24) is 4.90 Å². The minimum atomic E-state index is 0.334. The summed E-state index contributed by atoms with van der Waals surface area (Å²) in [6, 6.07) is 0. The Morgan fingerprint density at radius 2 is 1.73 bits per heavy atom. The number of rotatable bonds is 1. The zero-order chi connectivity index (χ0) is 11.7. The van der Waals surface area contributed by atoms with Crippen molar-refractivity contribution >= 4 is 0 Å². The highest BCUT2D eigenvalue weighted by Crippen LogP contribution is 2.37. The van der Waals surface area contributed by atoms with E-state index in [-0.39, 0.29) is 0 Å². The molecule has 90 valence electrons. The Morgan fingerprint density at radius 3 is 2.20 bits per heavy atom. The first-order valence-electron chi connectivity index (χ1n) is 6.51. The van der Waals surface area contributed by atoms with E-state index in [1.54, 1.807) is 0 Å². The van der Waals surface area contributed by atoms with E-state index in [2.05, 4.69) is 46.4 Å². The summed E-state index contributed by atoms with van der Waals surface area (Å²) in [4.78, 5) is 2.68. The molecule has 1 unspecified atom stereocenters. The smallest absolute Gasteiger partial charge is 0.0125 e. The van der Waals surface area contributed by atoms with Crippen LogP contribution >= 0.6 is 0 Å². The molecule has 1 atom stereocenters. The molecule has 0 aliphatic carbocycles. The van der Waals surface area contributed by atoms with E-state index in [9.17, 15) is 0 Å². The summed E-state index contributed by atoms with van der Waals surface area (Å²) in [7, 11) is 0. The third-order valence-corrected chi connectivity index (χ3v) is 4.32. The lowest BCUT2D eigenvalue weighted by Gasteiger charge is -2.42. The number of hydrogen-bond acceptors (Lipinski definition) is 1. The fourth-order valence-corrected chi connectivity index (χ4v) is 2.47. The average Bonchev–Trinajstić information content (AvgIpc) is 2.27. The Balaban J connectivity index is 2.78. The quantitative estimate of drug-likeness (QED) is 0.635. The minimum absolute atomic E-state index is 0.334. The average molecular weight is 211 g/mol. The fourth-order valence-electron chi connectivity index (χ4n) is 2.47. The molecule has 0 aromatic heterocycles. The zero-order valence-corrected chi connectivity index (χ0v) is 11.6. The van der Waals surface area contributed by atoms with Crippen LogP contribution in [-0.4, -0.2) is 23.5 Å². The van der Waals surface area contributed by atoms with E-state index in [4.69, 9.17) is 0 Å². The van der Waals surface area contributed by atoms with E-state index in [0.29, 0.717) is 11.0 Å². The van der Waals surface area contributed by atoms with Crippen molar-refractivity contribution in [2.45, 2.75) is 66.3 Å². The lowest BCUT2D eigenvalue weighted by molar-refractivity contribution is 0.0650. The molecular formula is C14H29N. The van der Waals surface area contributed by atoms with Crippen LogP contribution in [0.25, 0.3) is 0 Å². The van der Waals surface area contributed by atoms with Crippen molar-refractivity contribution in [2.75, 3.05) is 13.1 Å². The van der Waals surface area contributed by atoms with Crippen LogP contribution in [-0.2, 0) is 0 Å². The second-order valence-corrected chi connectivity index (χ2v) is 6.86. The van der Waals surface area contributed by atoms with Crippen molar-refractivity contribution < 1.29 is 0 Å². The van der Waals surface area contributed by atoms with Gasteiger partial charge in [0.25, 0.3) is 0 Å². The van der Waals surface area contributed by atoms with Gasteiger partial charge in [0, 0.05) is 12.1 Å². The minimum Gasteiger partial charge on any atom is -0.298 e. The molecule has 0 saturated carbocycles. The molecule has 15 heavy (non-hydrogen) atoms. The van der Waals surface area contributed by atoms with E-state index in [1.807, 2.05) is 0 Å². The summed E-state index contributed by atoms with van der Waals surface area (Å²) in [6.45, 7) is 16.8. The van der Waals surface area contributed by atoms with E-state index in [0.717, 1.165) is 5.92 Å². The maximum atomic E-state index is 2.68. The molecule has 0 N–H and O–H groups in total. The summed E-state index contributed by atoms with van der Waals surface area (Å²) in [5, 5.41) is 0. The Hall–Kier alpha value is -0.0400. The number of nitrogens with zero attached hydrogens (tertiary/aromatic N) is 1. The molecule has 0 bridgehead atoms. The van der Waals surface area contributed by atoms with Crippen molar-refractivity contribution in [1.29, 1.82) is 0 Å². The number of likely N-dealkylation sites (tertiary alicyclic amines) is 1. The molecule has 0 spiro atoms. The van der Waals surface area contributed by atoms with Crippen LogP contribution in [0.4, 0.5) is 0 Å². The summed E-state index contributed by atoms with van der Waals surface area (Å²) < 4.78 is 0. The van der Waals surface area contributed by atoms with Gasteiger partial charge in [-0.2, -0.15) is 0 Å². The van der Waals surface area contributed by atoms with Gasteiger partial charge < -0.3 is 0 Å². The standard InChI is InChI=1S/C14H29N/c1-12(2)14(6)9-7-8-10-15(11-14)13(3,4)5/h12H,7-11H2,1-6H3. The molecule has 1 saturated heterocycles. The van der Waals surface area contributed by atoms with Gasteiger partial charge in [0.2, 0.25) is 0 Å². The second-order valence-electron chi connectivity index (χ2n) is 6.86. The predicted molar refractivity (Wildman–Crippen MR) is 68.1 cm³/mol. The first-order chi connectivity index (χ1) is 6.76. The molecule has 0 amide bonds. The van der Waals surface area contributed by atoms with Gasteiger partial charge in [-0.25, -0.2) is 0 Å². The molecule has 1 aliphatic heterocycles. The third-order valence-electron chi connectivity index (χ3n) is 4.32. The molecule has 0 radical (unpaired) electrons. The molecular weight excluding hydrogens is 182 g/mol. The van der Waals surface area contributed by atoms with Gasteiger partial charge >= 0.3 is 0 Å². The largest absolute Gasteiger partial charge is 0.298 e. The van der Waals surface area contributed by atoms with Crippen molar-refractivity contribution in [3.05, 3.63) is 0 Å². The lowest BCUT2D eigenvalue weighted by Crippen LogP contribution is -2.47. The van der Waals surface area contributed by atoms with Gasteiger partial charge in [0.1, 0.15) is 0 Å². The first-order valence-corrected chi connectivity index (χ1v) is 6.51. The van der Waals surface area contributed by atoms with Gasteiger partial charge in [0.15, 0.2) is 0 Å². The highest BCUT2D eigenvalue weighted by molar-refractivity contribution is 4.88. The normalized spacial score (nSPS) is 30.6. The van der Waals surface area contributed by atoms with Crippen LogP contribution in [0.1, 0.15) is 60.8 Å². The summed E-state index contributed by atoms with van der Waals surface area (Å²) in [6.07, 6.45) is 4.18. The predicted octanol–water partition coefficient (Wildman–Crippen LogP) is 3.93. The highest BCUT2D eigenvalue weighted by Gasteiger charge is 2.35. The molecule has 1 aliphatic rings. The van der Waals surface area contributed by atoms with Crippen LogP contribution in [0.5, 0.6) is 0 Å². The highest BCUT2D eigenvalue weighted by atomic mass is 15.2. The first kappa shape index (κ1) is 13.0. The van der Waals surface area contributed by atoms with Crippen LogP contribution < -0.4 is 0 Å². The van der Waals surface area contributed by atoms with Gasteiger partial charge in [-0.15, -0.1) is 0 Å². The van der Waals surface area contributed by atoms with Gasteiger partial charge in [-0.3, -0.25) is 4.90 Å². The zero-order valence-electron chi connectivity index (χ0n) is 11.6. The Bertz CT molecular complexity index is 202. The van der Waals surface area contributed by atoms with Crippen LogP contribution in [0.15, 0.2) is 0 Å². The lowest BCUT2D eigenvalue weighted by atomic mass is 9.75. The molecule has 0 aromatic rings. The van der Waals surface area contributed by atoms with Crippen molar-refractivity contribution in [3.63, 3.8) is 0 Å². The number of hydrogen-bond donors (Lipinski definition) is 0. The summed E-state index contributed by atoms with van der Waals surface area (Å²) in [5.74, 6) is 0.792. The molecule has 1 heterocycles. The monoisotopic (exact) mass is 211 g/mol. The van der Waals surface area contributed by atoms with Crippen molar-refractivity contribution in [2.24, 2.45) is 11.3 Å². The third kappa shape index (κ3) is 3.21. The Labute approximate surface area is 96.2 Å². The summed E-state index contributed by atoms with van der Waals surface area (Å²) in [5.41, 5.74) is 0.851. The Kier molecular flexibility index (Phi) is 3.86. The van der Waals surface area contributed by atoms with Crippen LogP contribution in [0.2, 0.25) is 0 Å². The van der Waals surface area contributed by atoms with E-state index >= 15 is 0 Å². The van der Waals surface area contributed by atoms with Gasteiger partial charge in [-0.05, 0) is 51.5 Å². The van der Waals surface area contributed by atoms with Crippen LogP contribution in [0, 0.1) is 11.3 Å². The Morgan fingerprint density at radius 1 is 1.13 bits per heavy atom. The fraction of sp³-hybridized carbons (Fsp3) is 1.00. The molecule has 1 heteroatoms. The van der Waals surface area contributed by atoms with Crippen LogP contribution in [0.3, 0.4) is 0 Å². The van der Waals surface area contributed by atoms with E-state index < -0.39 is 0 Å². The summed E-state index contributed by atoms with van der Waals surface area (Å²) >= 11 is 0. The molecule has 1 nitrogen and oxygen atoms in total. The van der Waals surface area contributed by atoms with E-state index in [1.165, 1.54) is 32.4 Å². The second kappa shape index (κ2) is 4.45.